The predicted octanol–water partition coefficient (Wildman–Crippen LogP) is 16.1. The fraction of sp³-hybridized carbons (Fsp3) is 0.774. The van der Waals surface area contributed by atoms with Crippen molar-refractivity contribution in [3.8, 4) is 0 Å². The van der Waals surface area contributed by atoms with Crippen LogP contribution in [0.25, 0.3) is 0 Å². The average molecular weight is 792 g/mol. The van der Waals surface area contributed by atoms with Crippen molar-refractivity contribution in [3.05, 3.63) is 66.8 Å². The van der Waals surface area contributed by atoms with Gasteiger partial charge in [-0.2, -0.15) is 0 Å². The highest BCUT2D eigenvalue weighted by Crippen LogP contribution is 2.67. The van der Waals surface area contributed by atoms with Gasteiger partial charge >= 0.3 is 0 Å². The molecule has 0 spiro atoms. The molecule has 2 aromatic rings. The van der Waals surface area contributed by atoms with Crippen molar-refractivity contribution in [1.29, 1.82) is 0 Å². The Bertz CT molecular complexity index is 1660. The Balaban J connectivity index is 0.00000109. The van der Waals surface area contributed by atoms with Crippen LogP contribution in [-0.4, -0.2) is 4.33 Å². The molecule has 2 heteroatoms. The molecule has 0 amide bonds. The lowest BCUT2D eigenvalue weighted by Crippen LogP contribution is -2.45. The fourth-order valence-corrected chi connectivity index (χ4v) is 14.8. The van der Waals surface area contributed by atoms with Crippen LogP contribution < -0.4 is 0 Å². The van der Waals surface area contributed by atoms with Crippen molar-refractivity contribution in [3.63, 3.8) is 0 Å². The number of alkyl halides is 2. The van der Waals surface area contributed by atoms with Crippen molar-refractivity contribution in [2.45, 2.75) is 174 Å². The van der Waals surface area contributed by atoms with Crippen molar-refractivity contribution in [2.24, 2.45) is 88.8 Å². The molecule has 310 valence electrons. The third kappa shape index (κ3) is 7.57. The van der Waals surface area contributed by atoms with Gasteiger partial charge < -0.3 is 0 Å². The van der Waals surface area contributed by atoms with Crippen LogP contribution in [0.5, 0.6) is 0 Å². The number of fused-ring (bicyclic) bond motifs is 2. The summed E-state index contributed by atoms with van der Waals surface area (Å²) < 4.78 is -0.556. The van der Waals surface area contributed by atoms with Gasteiger partial charge in [0.25, 0.3) is 0 Å². The van der Waals surface area contributed by atoms with Crippen LogP contribution in [0.1, 0.15) is 168 Å². The minimum absolute atomic E-state index is 0.556. The van der Waals surface area contributed by atoms with E-state index in [0.717, 1.165) is 88.8 Å². The highest BCUT2D eigenvalue weighted by atomic mass is 35.5. The van der Waals surface area contributed by atoms with Crippen molar-refractivity contribution in [2.75, 3.05) is 0 Å². The predicted molar refractivity (Wildman–Crippen MR) is 244 cm³/mol. The van der Waals surface area contributed by atoms with E-state index >= 15 is 0 Å². The zero-order chi connectivity index (χ0) is 41.7. The second-order valence-corrected chi connectivity index (χ2v) is 23.6. The standard InChI is InChI=1S/C50H78.C3H6Cl2/c1-22-20-41(46-36(15)29(8)38(17)48(43(22)46)44-32(11)25(4)23(2)26(5)33(44)12)21-42-31(10)40(19)50-47(42)37(16)30(9)39(18)49(50)45-34(13)27(6)24(3)28(7)35(45)14;1-3(2,4)5/h22,29-31,36-43,46-50H,20-21H2,1-19H3;1-2H3. The van der Waals surface area contributed by atoms with E-state index in [9.17, 15) is 0 Å². The molecule has 17 atom stereocenters. The maximum atomic E-state index is 5.30. The highest BCUT2D eigenvalue weighted by molar-refractivity contribution is 6.47. The smallest absolute Gasteiger partial charge is 0.102 e. The molecule has 0 aliphatic heterocycles. The lowest BCUT2D eigenvalue weighted by molar-refractivity contribution is 0.00235. The van der Waals surface area contributed by atoms with Gasteiger partial charge in [0.05, 0.1) is 0 Å². The molecule has 2 aromatic carbocycles. The van der Waals surface area contributed by atoms with Gasteiger partial charge in [-0.25, -0.2) is 0 Å². The topological polar surface area (TPSA) is 0 Å². The van der Waals surface area contributed by atoms with Gasteiger partial charge in [0.2, 0.25) is 0 Å². The van der Waals surface area contributed by atoms with E-state index in [1.54, 1.807) is 69.5 Å². The van der Waals surface area contributed by atoms with Crippen LogP contribution in [0.3, 0.4) is 0 Å². The average Bonchev–Trinajstić information content (AvgIpc) is 3.56. The molecule has 0 radical (unpaired) electrons. The molecule has 0 N–H and O–H groups in total. The second-order valence-electron chi connectivity index (χ2n) is 21.5. The van der Waals surface area contributed by atoms with Crippen LogP contribution in [-0.2, 0) is 0 Å². The molecule has 0 heterocycles. The zero-order valence-electron chi connectivity index (χ0n) is 39.5. The molecule has 4 aliphatic carbocycles. The Kier molecular flexibility index (Phi) is 13.3. The summed E-state index contributed by atoms with van der Waals surface area (Å²) in [5.41, 5.74) is 19.2. The van der Waals surface area contributed by atoms with Gasteiger partial charge in [-0.15, -0.1) is 23.2 Å². The van der Waals surface area contributed by atoms with E-state index < -0.39 is 4.33 Å². The minimum atomic E-state index is -0.556. The number of benzene rings is 2. The van der Waals surface area contributed by atoms with Crippen molar-refractivity contribution < 1.29 is 0 Å². The van der Waals surface area contributed by atoms with E-state index in [-0.39, 0.29) is 0 Å². The largest absolute Gasteiger partial charge is 0.112 e. The van der Waals surface area contributed by atoms with Crippen LogP contribution in [0, 0.1) is 158 Å². The summed E-state index contributed by atoms with van der Waals surface area (Å²) in [4.78, 5) is 0. The Labute approximate surface area is 351 Å². The first-order valence-electron chi connectivity index (χ1n) is 22.8. The number of halogens is 2. The number of rotatable bonds is 4. The zero-order valence-corrected chi connectivity index (χ0v) is 41.0. The Morgan fingerprint density at radius 2 is 0.709 bits per heavy atom. The molecule has 17 unspecified atom stereocenters. The highest BCUT2D eigenvalue weighted by Gasteiger charge is 2.60. The van der Waals surface area contributed by atoms with Crippen LogP contribution in [0.4, 0.5) is 0 Å². The first-order chi connectivity index (χ1) is 25.3. The molecule has 4 aliphatic rings. The third-order valence-corrected chi connectivity index (χ3v) is 19.2. The van der Waals surface area contributed by atoms with Crippen LogP contribution in [0.2, 0.25) is 0 Å². The molecule has 0 bridgehead atoms. The minimum Gasteiger partial charge on any atom is -0.102 e. The molecule has 4 saturated carbocycles. The molecule has 0 aromatic heterocycles. The molecule has 6 rings (SSSR count). The summed E-state index contributed by atoms with van der Waals surface area (Å²) in [7, 11) is 0. The van der Waals surface area contributed by atoms with Crippen LogP contribution >= 0.6 is 23.2 Å². The maximum Gasteiger partial charge on any atom is 0.112 e. The monoisotopic (exact) mass is 791 g/mol. The SMILES string of the molecule is CC(C)(Cl)Cl.Cc1c(C)c(C)c(C2C(C)C(C)C(C)C3C(CC4C(C)C(C)C5C(c6c(C)c(C)c(C)c(C)c6C)C(C)C(C)C(C)C45)CC(C)C23)c(C)c1C. The first kappa shape index (κ1) is 45.1. The van der Waals surface area contributed by atoms with Crippen molar-refractivity contribution >= 4 is 23.2 Å². The summed E-state index contributed by atoms with van der Waals surface area (Å²) >= 11 is 10.6. The van der Waals surface area contributed by atoms with Gasteiger partial charge in [-0.05, 0) is 263 Å². The maximum absolute atomic E-state index is 5.30. The summed E-state index contributed by atoms with van der Waals surface area (Å²) in [6.07, 6.45) is 2.92. The van der Waals surface area contributed by atoms with Gasteiger partial charge in [0, 0.05) is 0 Å². The summed E-state index contributed by atoms with van der Waals surface area (Å²) in [5.74, 6) is 13.3. The van der Waals surface area contributed by atoms with Gasteiger partial charge in [0.15, 0.2) is 0 Å². The van der Waals surface area contributed by atoms with E-state index in [4.69, 9.17) is 23.2 Å². The van der Waals surface area contributed by atoms with Gasteiger partial charge in [-0.1, -0.05) is 62.3 Å². The molecular formula is C53H84Cl2. The lowest BCUT2D eigenvalue weighted by atomic mass is 9.52. The summed E-state index contributed by atoms with van der Waals surface area (Å²) in [6, 6.07) is 0. The molecule has 0 nitrogen and oxygen atoms in total. The van der Waals surface area contributed by atoms with E-state index in [1.165, 1.54) is 24.0 Å². The second kappa shape index (κ2) is 16.2. The van der Waals surface area contributed by atoms with E-state index in [2.05, 4.69) is 132 Å². The lowest BCUT2D eigenvalue weighted by Gasteiger charge is -2.52. The molecular weight excluding hydrogens is 707 g/mol. The molecule has 4 fully saturated rings. The Hall–Kier alpha value is -0.980. The summed E-state index contributed by atoms with van der Waals surface area (Å²) in [5, 5.41) is 0. The fourth-order valence-electron chi connectivity index (χ4n) is 14.8. The van der Waals surface area contributed by atoms with Gasteiger partial charge in [0.1, 0.15) is 4.33 Å². The van der Waals surface area contributed by atoms with E-state index in [0.29, 0.717) is 11.8 Å². The number of hydrogen-bond donors (Lipinski definition) is 0. The number of hydrogen-bond acceptors (Lipinski definition) is 0. The quantitative estimate of drug-likeness (QED) is 0.271. The summed E-state index contributed by atoms with van der Waals surface area (Å²) in [6.45, 7) is 51.7. The third-order valence-electron chi connectivity index (χ3n) is 19.2. The normalized spacial score (nSPS) is 40.1. The first-order valence-corrected chi connectivity index (χ1v) is 23.5. The van der Waals surface area contributed by atoms with Crippen molar-refractivity contribution in [1.82, 2.24) is 0 Å². The van der Waals surface area contributed by atoms with Crippen LogP contribution in [0.15, 0.2) is 0 Å². The Morgan fingerprint density at radius 3 is 1.09 bits per heavy atom. The Morgan fingerprint density at radius 1 is 0.400 bits per heavy atom. The van der Waals surface area contributed by atoms with E-state index in [1.807, 2.05) is 0 Å². The van der Waals surface area contributed by atoms with Gasteiger partial charge in [-0.3, -0.25) is 0 Å². The molecule has 55 heavy (non-hydrogen) atoms. The molecule has 0 saturated heterocycles.